The normalized spacial score (nSPS) is 16.5. The Kier molecular flexibility index (Phi) is 6.66. The van der Waals surface area contributed by atoms with Gasteiger partial charge in [-0.3, -0.25) is 9.59 Å². The molecule has 1 aliphatic rings. The number of aromatic hydroxyl groups is 1. The highest BCUT2D eigenvalue weighted by Gasteiger charge is 2.44. The van der Waals surface area contributed by atoms with E-state index >= 15 is 0 Å². The number of carbonyl (C=O) groups excluding carboxylic acids is 2. The molecule has 1 aromatic heterocycles. The van der Waals surface area contributed by atoms with E-state index in [4.69, 9.17) is 4.74 Å². The van der Waals surface area contributed by atoms with Crippen molar-refractivity contribution >= 4 is 23.0 Å². The Labute approximate surface area is 185 Å². The number of ether oxygens (including phenoxy) is 1. The fraction of sp³-hybridized carbons (Fsp3) is 0.409. The number of benzene rings is 1. The van der Waals surface area contributed by atoms with Crippen LogP contribution in [0.25, 0.3) is 0 Å². The number of ketones is 1. The number of rotatable bonds is 8. The number of likely N-dealkylation sites (N-methyl/N-ethyl adjacent to an activating group) is 1. The molecule has 1 unspecified atom stereocenters. The number of phenolic OH excluding ortho intramolecular Hbond substituents is 1. The van der Waals surface area contributed by atoms with E-state index in [1.165, 1.54) is 22.3 Å². The first-order valence-electron chi connectivity index (χ1n) is 9.98. The zero-order valence-electron chi connectivity index (χ0n) is 18.3. The highest BCUT2D eigenvalue weighted by Crippen LogP contribution is 2.42. The van der Waals surface area contributed by atoms with Crippen molar-refractivity contribution in [2.75, 3.05) is 33.8 Å². The van der Waals surface area contributed by atoms with Gasteiger partial charge in [0.05, 0.1) is 33.8 Å². The number of amides is 1. The summed E-state index contributed by atoms with van der Waals surface area (Å²) in [4.78, 5) is 34.5. The number of aliphatic hydroxyl groups excluding tert-OH is 1. The number of hydrogen-bond acceptors (Lipinski definition) is 8. The smallest absolute Gasteiger partial charge is 0.290 e. The number of aromatic nitrogens is 1. The Balaban J connectivity index is 2.12. The Morgan fingerprint density at radius 2 is 2.00 bits per heavy atom. The van der Waals surface area contributed by atoms with Crippen LogP contribution < -0.4 is 4.74 Å². The SMILES string of the molecule is CCOc1cc(C2C(C(=O)c3sc(C)nc3C)=C(O)C(=O)N2CCN(C)C)ccc1O. The highest BCUT2D eigenvalue weighted by atomic mass is 32.1. The second-order valence-corrected chi connectivity index (χ2v) is 8.81. The molecule has 0 bridgehead atoms. The van der Waals surface area contributed by atoms with Crippen LogP contribution in [0.4, 0.5) is 0 Å². The average molecular weight is 446 g/mol. The van der Waals surface area contributed by atoms with Crippen LogP contribution in [0, 0.1) is 13.8 Å². The van der Waals surface area contributed by atoms with Crippen LogP contribution in [-0.4, -0.2) is 70.5 Å². The van der Waals surface area contributed by atoms with Gasteiger partial charge >= 0.3 is 0 Å². The lowest BCUT2D eigenvalue weighted by molar-refractivity contribution is -0.129. The van der Waals surface area contributed by atoms with Gasteiger partial charge in [0.15, 0.2) is 17.3 Å². The lowest BCUT2D eigenvalue weighted by Crippen LogP contribution is -2.36. The van der Waals surface area contributed by atoms with Crippen molar-refractivity contribution in [2.24, 2.45) is 0 Å². The van der Waals surface area contributed by atoms with Crippen molar-refractivity contribution in [3.8, 4) is 11.5 Å². The predicted molar refractivity (Wildman–Crippen MR) is 118 cm³/mol. The van der Waals surface area contributed by atoms with Gasteiger partial charge in [-0.15, -0.1) is 11.3 Å². The minimum Gasteiger partial charge on any atom is -0.504 e. The summed E-state index contributed by atoms with van der Waals surface area (Å²) in [6.45, 7) is 6.53. The third-order valence-corrected chi connectivity index (χ3v) is 6.12. The second-order valence-electron chi connectivity index (χ2n) is 7.60. The summed E-state index contributed by atoms with van der Waals surface area (Å²) in [6.07, 6.45) is 0. The number of thiazole rings is 1. The molecule has 9 heteroatoms. The maximum atomic E-state index is 13.5. The van der Waals surface area contributed by atoms with Crippen LogP contribution in [0.3, 0.4) is 0 Å². The van der Waals surface area contributed by atoms with E-state index in [0.29, 0.717) is 35.8 Å². The van der Waals surface area contributed by atoms with Crippen molar-refractivity contribution in [3.05, 3.63) is 50.7 Å². The molecular weight excluding hydrogens is 418 g/mol. The minimum atomic E-state index is -0.804. The fourth-order valence-electron chi connectivity index (χ4n) is 3.61. The number of nitrogens with zero attached hydrogens (tertiary/aromatic N) is 3. The quantitative estimate of drug-likeness (QED) is 0.602. The van der Waals surface area contributed by atoms with Gasteiger partial charge in [-0.1, -0.05) is 6.07 Å². The average Bonchev–Trinajstić information content (AvgIpc) is 3.17. The third-order valence-electron chi connectivity index (χ3n) is 5.05. The molecule has 1 atom stereocenters. The standard InChI is InChI=1S/C22H27N3O5S/c1-6-30-16-11-14(7-8-15(16)26)18-17(19(27)21-12(2)23-13(3)31-21)20(28)22(29)25(18)10-9-24(4)5/h7-8,11,18,26,28H,6,9-10H2,1-5H3. The van der Waals surface area contributed by atoms with Crippen LogP contribution in [0.15, 0.2) is 29.5 Å². The van der Waals surface area contributed by atoms with Crippen LogP contribution >= 0.6 is 11.3 Å². The van der Waals surface area contributed by atoms with E-state index in [1.54, 1.807) is 32.9 Å². The van der Waals surface area contributed by atoms with E-state index in [-0.39, 0.29) is 17.1 Å². The number of phenols is 1. The Hall–Kier alpha value is -2.91. The second kappa shape index (κ2) is 9.07. The van der Waals surface area contributed by atoms with Gasteiger partial charge in [-0.05, 0) is 52.6 Å². The maximum absolute atomic E-state index is 13.5. The summed E-state index contributed by atoms with van der Waals surface area (Å²) in [5, 5.41) is 21.6. The van der Waals surface area contributed by atoms with Crippen LogP contribution in [0.2, 0.25) is 0 Å². The summed E-state index contributed by atoms with van der Waals surface area (Å²) in [5.41, 5.74) is 1.15. The molecule has 0 aliphatic carbocycles. The van der Waals surface area contributed by atoms with E-state index in [1.807, 2.05) is 19.0 Å². The fourth-order valence-corrected chi connectivity index (χ4v) is 4.48. The van der Waals surface area contributed by atoms with Crippen LogP contribution in [-0.2, 0) is 4.79 Å². The van der Waals surface area contributed by atoms with Gasteiger partial charge in [0.25, 0.3) is 5.91 Å². The van der Waals surface area contributed by atoms with Crippen molar-refractivity contribution in [2.45, 2.75) is 26.8 Å². The Morgan fingerprint density at radius 1 is 1.29 bits per heavy atom. The minimum absolute atomic E-state index is 0.0173. The van der Waals surface area contributed by atoms with E-state index in [0.717, 1.165) is 5.01 Å². The third kappa shape index (κ3) is 4.42. The molecule has 166 valence electrons. The molecule has 2 heterocycles. The molecule has 0 saturated heterocycles. The molecular formula is C22H27N3O5S. The molecule has 2 N–H and O–H groups in total. The summed E-state index contributed by atoms with van der Waals surface area (Å²) >= 11 is 1.23. The largest absolute Gasteiger partial charge is 0.504 e. The number of aryl methyl sites for hydroxylation is 2. The molecule has 1 aliphatic heterocycles. The zero-order chi connectivity index (χ0) is 22.9. The summed E-state index contributed by atoms with van der Waals surface area (Å²) in [5.74, 6) is -1.35. The topological polar surface area (TPSA) is 103 Å². The predicted octanol–water partition coefficient (Wildman–Crippen LogP) is 3.00. The summed E-state index contributed by atoms with van der Waals surface area (Å²) < 4.78 is 5.49. The molecule has 2 aromatic rings. The lowest BCUT2D eigenvalue weighted by atomic mass is 9.94. The first kappa shape index (κ1) is 22.8. The molecule has 0 spiro atoms. The van der Waals surface area contributed by atoms with Gasteiger partial charge in [0.1, 0.15) is 0 Å². The van der Waals surface area contributed by atoms with Crippen molar-refractivity contribution in [1.82, 2.24) is 14.8 Å². The summed E-state index contributed by atoms with van der Waals surface area (Å²) in [6, 6.07) is 3.90. The number of Topliss-reactive ketones (excluding diaryl/α,β-unsaturated/α-hetero) is 1. The van der Waals surface area contributed by atoms with E-state index < -0.39 is 23.5 Å². The molecule has 1 aromatic carbocycles. The van der Waals surface area contributed by atoms with Gasteiger partial charge in [-0.25, -0.2) is 4.98 Å². The van der Waals surface area contributed by atoms with Crippen molar-refractivity contribution < 1.29 is 24.5 Å². The number of carbonyl (C=O) groups is 2. The van der Waals surface area contributed by atoms with Crippen molar-refractivity contribution in [1.29, 1.82) is 0 Å². The first-order chi connectivity index (χ1) is 14.6. The zero-order valence-corrected chi connectivity index (χ0v) is 19.1. The summed E-state index contributed by atoms with van der Waals surface area (Å²) in [7, 11) is 3.76. The van der Waals surface area contributed by atoms with Crippen molar-refractivity contribution in [3.63, 3.8) is 0 Å². The maximum Gasteiger partial charge on any atom is 0.290 e. The molecule has 1 amide bonds. The van der Waals surface area contributed by atoms with E-state index in [2.05, 4.69) is 4.98 Å². The van der Waals surface area contributed by atoms with Gasteiger partial charge in [0.2, 0.25) is 5.78 Å². The molecule has 0 radical (unpaired) electrons. The Morgan fingerprint density at radius 3 is 2.58 bits per heavy atom. The monoisotopic (exact) mass is 445 g/mol. The van der Waals surface area contributed by atoms with Crippen LogP contribution in [0.1, 0.15) is 38.9 Å². The van der Waals surface area contributed by atoms with Gasteiger partial charge < -0.3 is 24.7 Å². The molecule has 0 fully saturated rings. The molecule has 3 rings (SSSR count). The van der Waals surface area contributed by atoms with Gasteiger partial charge in [-0.2, -0.15) is 0 Å². The van der Waals surface area contributed by atoms with E-state index in [9.17, 15) is 19.8 Å². The highest BCUT2D eigenvalue weighted by molar-refractivity contribution is 7.14. The molecule has 8 nitrogen and oxygen atoms in total. The molecule has 31 heavy (non-hydrogen) atoms. The lowest BCUT2D eigenvalue weighted by Gasteiger charge is -2.28. The number of hydrogen-bond donors (Lipinski definition) is 2. The molecule has 0 saturated carbocycles. The van der Waals surface area contributed by atoms with Gasteiger partial charge in [0, 0.05) is 13.1 Å². The Bertz CT molecular complexity index is 1040. The first-order valence-corrected chi connectivity index (χ1v) is 10.8. The van der Waals surface area contributed by atoms with Crippen LogP contribution in [0.5, 0.6) is 11.5 Å². The number of aliphatic hydroxyl groups is 1.